The van der Waals surface area contributed by atoms with E-state index >= 15 is 0 Å². The van der Waals surface area contributed by atoms with Gasteiger partial charge in [-0.3, -0.25) is 0 Å². The fourth-order valence-corrected chi connectivity index (χ4v) is 0.471. The van der Waals surface area contributed by atoms with Crippen LogP contribution in [0.1, 0.15) is 26.2 Å². The second-order valence-corrected chi connectivity index (χ2v) is 2.59. The fourth-order valence-electron chi connectivity index (χ4n) is 0.471. The zero-order valence-electron chi connectivity index (χ0n) is 7.87. The first-order valence-corrected chi connectivity index (χ1v) is 4.40. The Hall–Kier alpha value is -0.160. The first-order chi connectivity index (χ1) is 5.72. The van der Waals surface area contributed by atoms with Gasteiger partial charge in [-0.1, -0.05) is 6.92 Å². The summed E-state index contributed by atoms with van der Waals surface area (Å²) >= 11 is 0. The van der Waals surface area contributed by atoms with Crippen molar-refractivity contribution in [2.24, 2.45) is 11.5 Å². The van der Waals surface area contributed by atoms with Gasteiger partial charge in [-0.2, -0.15) is 0 Å². The summed E-state index contributed by atoms with van der Waals surface area (Å²) < 4.78 is 0. The van der Waals surface area contributed by atoms with Gasteiger partial charge < -0.3 is 21.7 Å². The van der Waals surface area contributed by atoms with E-state index < -0.39 is 0 Å². The van der Waals surface area contributed by atoms with Crippen molar-refractivity contribution >= 4 is 0 Å². The second kappa shape index (κ2) is 13.4. The van der Waals surface area contributed by atoms with Crippen molar-refractivity contribution in [3.05, 3.63) is 0 Å². The van der Waals surface area contributed by atoms with E-state index in [4.69, 9.17) is 21.7 Å². The molecule has 0 heterocycles. The minimum atomic E-state index is 0.0714. The SMILES string of the molecule is CCCO.NCC(N)CCCO. The Morgan fingerprint density at radius 1 is 1.25 bits per heavy atom. The Morgan fingerprint density at radius 3 is 2.00 bits per heavy atom. The first kappa shape index (κ1) is 14.4. The quantitative estimate of drug-likeness (QED) is 0.454. The highest BCUT2D eigenvalue weighted by Gasteiger charge is 1.95. The molecule has 0 aliphatic carbocycles. The Balaban J connectivity index is 0. The lowest BCUT2D eigenvalue weighted by molar-refractivity contribution is 0.280. The monoisotopic (exact) mass is 178 g/mol. The average Bonchev–Trinajstić information content (AvgIpc) is 2.14. The Kier molecular flexibility index (Phi) is 16.1. The van der Waals surface area contributed by atoms with E-state index in [9.17, 15) is 0 Å². The minimum absolute atomic E-state index is 0.0714. The predicted octanol–water partition coefficient (Wildman–Crippen LogP) is -0.566. The highest BCUT2D eigenvalue weighted by Crippen LogP contribution is 1.89. The van der Waals surface area contributed by atoms with Crippen LogP contribution in [-0.4, -0.2) is 36.0 Å². The third-order valence-electron chi connectivity index (χ3n) is 1.26. The van der Waals surface area contributed by atoms with Gasteiger partial charge in [-0.15, -0.1) is 0 Å². The molecule has 0 aromatic rings. The summed E-state index contributed by atoms with van der Waals surface area (Å²) in [5.74, 6) is 0. The van der Waals surface area contributed by atoms with Crippen molar-refractivity contribution in [2.45, 2.75) is 32.2 Å². The number of aliphatic hydroxyl groups is 2. The maximum Gasteiger partial charge on any atom is 0.0431 e. The van der Waals surface area contributed by atoms with Crippen LogP contribution in [-0.2, 0) is 0 Å². The van der Waals surface area contributed by atoms with Gasteiger partial charge in [-0.05, 0) is 19.3 Å². The van der Waals surface area contributed by atoms with E-state index in [1.165, 1.54) is 0 Å². The summed E-state index contributed by atoms with van der Waals surface area (Å²) in [6.45, 7) is 2.98. The van der Waals surface area contributed by atoms with Crippen LogP contribution >= 0.6 is 0 Å². The molecule has 1 atom stereocenters. The summed E-state index contributed by atoms with van der Waals surface area (Å²) in [5.41, 5.74) is 10.6. The maximum atomic E-state index is 8.31. The smallest absolute Gasteiger partial charge is 0.0431 e. The largest absolute Gasteiger partial charge is 0.396 e. The van der Waals surface area contributed by atoms with Gasteiger partial charge in [0.25, 0.3) is 0 Å². The van der Waals surface area contributed by atoms with E-state index in [-0.39, 0.29) is 12.6 Å². The normalized spacial score (nSPS) is 11.8. The van der Waals surface area contributed by atoms with Crippen LogP contribution in [0.5, 0.6) is 0 Å². The number of hydrogen-bond acceptors (Lipinski definition) is 4. The molecule has 0 saturated heterocycles. The highest BCUT2D eigenvalue weighted by molar-refractivity contribution is 4.59. The lowest BCUT2D eigenvalue weighted by Crippen LogP contribution is -2.29. The fraction of sp³-hybridized carbons (Fsp3) is 1.00. The molecule has 0 rings (SSSR count). The summed E-state index contributed by atoms with van der Waals surface area (Å²) in [4.78, 5) is 0. The lowest BCUT2D eigenvalue weighted by Gasteiger charge is -2.04. The Morgan fingerprint density at radius 2 is 1.75 bits per heavy atom. The molecular weight excluding hydrogens is 156 g/mol. The molecule has 1 unspecified atom stereocenters. The molecule has 76 valence electrons. The Labute approximate surface area is 74.6 Å². The van der Waals surface area contributed by atoms with Crippen molar-refractivity contribution in [1.29, 1.82) is 0 Å². The van der Waals surface area contributed by atoms with Crippen molar-refractivity contribution in [3.8, 4) is 0 Å². The zero-order valence-corrected chi connectivity index (χ0v) is 7.87. The van der Waals surface area contributed by atoms with Crippen LogP contribution in [0.15, 0.2) is 0 Å². The number of hydrogen-bond donors (Lipinski definition) is 4. The Bertz CT molecular complexity index is 70.1. The lowest BCUT2D eigenvalue weighted by atomic mass is 10.2. The van der Waals surface area contributed by atoms with Gasteiger partial charge in [0.15, 0.2) is 0 Å². The highest BCUT2D eigenvalue weighted by atomic mass is 16.3. The molecule has 0 amide bonds. The van der Waals surface area contributed by atoms with Gasteiger partial charge in [0, 0.05) is 25.8 Å². The molecular formula is C8H22N2O2. The molecule has 0 saturated carbocycles. The molecule has 4 heteroatoms. The van der Waals surface area contributed by atoms with E-state index in [0.29, 0.717) is 13.2 Å². The van der Waals surface area contributed by atoms with Crippen LogP contribution < -0.4 is 11.5 Å². The summed E-state index contributed by atoms with van der Waals surface area (Å²) in [5, 5.41) is 16.2. The van der Waals surface area contributed by atoms with Crippen molar-refractivity contribution in [2.75, 3.05) is 19.8 Å². The third-order valence-corrected chi connectivity index (χ3v) is 1.26. The van der Waals surface area contributed by atoms with Crippen molar-refractivity contribution < 1.29 is 10.2 Å². The van der Waals surface area contributed by atoms with Crippen molar-refractivity contribution in [3.63, 3.8) is 0 Å². The second-order valence-electron chi connectivity index (χ2n) is 2.59. The van der Waals surface area contributed by atoms with Gasteiger partial charge in [0.2, 0.25) is 0 Å². The molecule has 0 aromatic heterocycles. The minimum Gasteiger partial charge on any atom is -0.396 e. The molecule has 0 aromatic carbocycles. The number of aliphatic hydroxyl groups excluding tert-OH is 2. The zero-order chi connectivity index (χ0) is 9.82. The van der Waals surface area contributed by atoms with Gasteiger partial charge in [0.1, 0.15) is 0 Å². The molecule has 0 bridgehead atoms. The average molecular weight is 178 g/mol. The number of nitrogens with two attached hydrogens (primary N) is 2. The molecule has 0 aliphatic heterocycles. The molecule has 0 radical (unpaired) electrons. The maximum absolute atomic E-state index is 8.31. The molecule has 0 spiro atoms. The van der Waals surface area contributed by atoms with Crippen molar-refractivity contribution in [1.82, 2.24) is 0 Å². The van der Waals surface area contributed by atoms with E-state index in [1.54, 1.807) is 0 Å². The summed E-state index contributed by atoms with van der Waals surface area (Å²) in [6.07, 6.45) is 2.46. The van der Waals surface area contributed by atoms with Gasteiger partial charge >= 0.3 is 0 Å². The van der Waals surface area contributed by atoms with Gasteiger partial charge in [-0.25, -0.2) is 0 Å². The van der Waals surface area contributed by atoms with Crippen LogP contribution in [0.3, 0.4) is 0 Å². The van der Waals surface area contributed by atoms with E-state index in [2.05, 4.69) is 0 Å². The van der Waals surface area contributed by atoms with E-state index in [0.717, 1.165) is 19.3 Å². The molecule has 0 fully saturated rings. The molecule has 12 heavy (non-hydrogen) atoms. The first-order valence-electron chi connectivity index (χ1n) is 4.40. The van der Waals surface area contributed by atoms with Crippen LogP contribution in [0.25, 0.3) is 0 Å². The standard InChI is InChI=1S/C5H14N2O.C3H8O/c6-4-5(7)2-1-3-8;1-2-3-4/h5,8H,1-4,6-7H2;4H,2-3H2,1H3. The van der Waals surface area contributed by atoms with Crippen LogP contribution in [0, 0.1) is 0 Å². The summed E-state index contributed by atoms with van der Waals surface area (Å²) in [6, 6.07) is 0.0714. The van der Waals surface area contributed by atoms with Crippen LogP contribution in [0.4, 0.5) is 0 Å². The number of rotatable bonds is 5. The summed E-state index contributed by atoms with van der Waals surface area (Å²) in [7, 11) is 0. The van der Waals surface area contributed by atoms with E-state index in [1.807, 2.05) is 6.92 Å². The predicted molar refractivity (Wildman–Crippen MR) is 50.7 cm³/mol. The topological polar surface area (TPSA) is 92.5 Å². The third kappa shape index (κ3) is 16.4. The van der Waals surface area contributed by atoms with Crippen LogP contribution in [0.2, 0.25) is 0 Å². The molecule has 0 aliphatic rings. The van der Waals surface area contributed by atoms with Gasteiger partial charge in [0.05, 0.1) is 0 Å². The molecule has 6 N–H and O–H groups in total. The molecule has 4 nitrogen and oxygen atoms in total.